The highest BCUT2D eigenvalue weighted by Gasteiger charge is 2.11. The second-order valence-electron chi connectivity index (χ2n) is 8.59. The van der Waals surface area contributed by atoms with Crippen LogP contribution >= 0.6 is 22.6 Å². The predicted octanol–water partition coefficient (Wildman–Crippen LogP) is 6.00. The zero-order valence-electron chi connectivity index (χ0n) is 20.9. The molecular formula is C28H36IN3O4. The third-order valence-electron chi connectivity index (χ3n) is 5.54. The Balaban J connectivity index is 1.59. The summed E-state index contributed by atoms with van der Waals surface area (Å²) < 4.78 is 6.22. The van der Waals surface area contributed by atoms with E-state index < -0.39 is 11.9 Å². The normalized spacial score (nSPS) is 10.8. The molecule has 8 heteroatoms. The number of benzene rings is 2. The Kier molecular flexibility index (Phi) is 14.4. The molecule has 2 N–H and O–H groups in total. The average Bonchev–Trinajstić information content (AvgIpc) is 2.87. The maximum atomic E-state index is 12.3. The molecule has 7 nitrogen and oxygen atoms in total. The van der Waals surface area contributed by atoms with E-state index in [0.717, 1.165) is 28.4 Å². The standard InChI is InChI=1S/C28H36IN3O4/c1-2-3-4-5-6-7-8-9-10-15-26(33)30-21-27(34)32-31-20-22-16-18-23(19-17-22)36-28(35)24-13-11-12-14-25(24)29/h11-14,16-20H,2-10,15,21H2,1H3,(H,30,33)(H,32,34)/b31-20-. The van der Waals surface area contributed by atoms with Crippen molar-refractivity contribution in [1.29, 1.82) is 0 Å². The van der Waals surface area contributed by atoms with Gasteiger partial charge in [-0.15, -0.1) is 0 Å². The van der Waals surface area contributed by atoms with Crippen LogP contribution in [0.25, 0.3) is 0 Å². The summed E-state index contributed by atoms with van der Waals surface area (Å²) in [6, 6.07) is 14.0. The third kappa shape index (κ3) is 12.3. The van der Waals surface area contributed by atoms with Gasteiger partial charge in [-0.25, -0.2) is 10.2 Å². The fourth-order valence-corrected chi connectivity index (χ4v) is 4.10. The number of halogens is 1. The van der Waals surface area contributed by atoms with Crippen molar-refractivity contribution in [1.82, 2.24) is 10.7 Å². The summed E-state index contributed by atoms with van der Waals surface area (Å²) in [7, 11) is 0. The van der Waals surface area contributed by atoms with Crippen LogP contribution in [0.3, 0.4) is 0 Å². The smallest absolute Gasteiger partial charge is 0.344 e. The molecule has 0 atom stereocenters. The summed E-state index contributed by atoms with van der Waals surface area (Å²) in [5, 5.41) is 6.53. The van der Waals surface area contributed by atoms with Crippen molar-refractivity contribution in [2.45, 2.75) is 71.1 Å². The highest BCUT2D eigenvalue weighted by atomic mass is 127. The van der Waals surface area contributed by atoms with Crippen LogP contribution in [-0.2, 0) is 9.59 Å². The monoisotopic (exact) mass is 605 g/mol. The van der Waals surface area contributed by atoms with E-state index in [0.29, 0.717) is 17.7 Å². The minimum absolute atomic E-state index is 0.110. The molecule has 0 spiro atoms. The zero-order valence-corrected chi connectivity index (χ0v) is 23.1. The molecule has 194 valence electrons. The van der Waals surface area contributed by atoms with E-state index in [2.05, 4.69) is 45.4 Å². The van der Waals surface area contributed by atoms with Crippen molar-refractivity contribution in [3.05, 3.63) is 63.2 Å². The molecule has 0 aromatic heterocycles. The van der Waals surface area contributed by atoms with E-state index in [-0.39, 0.29) is 12.5 Å². The van der Waals surface area contributed by atoms with Crippen molar-refractivity contribution in [2.75, 3.05) is 6.54 Å². The van der Waals surface area contributed by atoms with Gasteiger partial charge in [0, 0.05) is 9.99 Å². The fraction of sp³-hybridized carbons (Fsp3) is 0.429. The number of hydrogen-bond acceptors (Lipinski definition) is 5. The topological polar surface area (TPSA) is 96.9 Å². The molecule has 0 aliphatic heterocycles. The lowest BCUT2D eigenvalue weighted by Gasteiger charge is -2.06. The number of hydrazone groups is 1. The largest absolute Gasteiger partial charge is 0.423 e. The summed E-state index contributed by atoms with van der Waals surface area (Å²) >= 11 is 2.09. The van der Waals surface area contributed by atoms with Crippen LogP contribution in [0.2, 0.25) is 0 Å². The fourth-order valence-electron chi connectivity index (χ4n) is 3.49. The van der Waals surface area contributed by atoms with Crippen LogP contribution < -0.4 is 15.5 Å². The zero-order chi connectivity index (χ0) is 26.0. The molecule has 0 aliphatic rings. The summed E-state index contributed by atoms with van der Waals surface area (Å²) in [6.07, 6.45) is 12.7. The van der Waals surface area contributed by atoms with Crippen LogP contribution in [-0.4, -0.2) is 30.5 Å². The highest BCUT2D eigenvalue weighted by molar-refractivity contribution is 14.1. The van der Waals surface area contributed by atoms with Crippen molar-refractivity contribution in [3.63, 3.8) is 0 Å². The maximum absolute atomic E-state index is 12.3. The first-order valence-corrected chi connectivity index (χ1v) is 13.7. The summed E-state index contributed by atoms with van der Waals surface area (Å²) in [4.78, 5) is 36.1. The number of carbonyl (C=O) groups is 3. The number of nitrogens with zero attached hydrogens (tertiary/aromatic N) is 1. The SMILES string of the molecule is CCCCCCCCCCCC(=O)NCC(=O)N/N=C\c1ccc(OC(=O)c2ccccc2I)cc1. The quantitative estimate of drug-likeness (QED) is 0.0613. The van der Waals surface area contributed by atoms with Crippen LogP contribution in [0.5, 0.6) is 5.75 Å². The van der Waals surface area contributed by atoms with Gasteiger partial charge in [0.15, 0.2) is 0 Å². The first kappa shape index (κ1) is 29.5. The van der Waals surface area contributed by atoms with E-state index in [1.807, 2.05) is 12.1 Å². The van der Waals surface area contributed by atoms with Crippen LogP contribution in [0, 0.1) is 3.57 Å². The molecule has 36 heavy (non-hydrogen) atoms. The Morgan fingerprint density at radius 3 is 2.17 bits per heavy atom. The molecule has 0 fully saturated rings. The highest BCUT2D eigenvalue weighted by Crippen LogP contribution is 2.17. The van der Waals surface area contributed by atoms with Crippen molar-refractivity contribution in [2.24, 2.45) is 5.10 Å². The molecule has 0 bridgehead atoms. The first-order chi connectivity index (χ1) is 17.5. The second kappa shape index (κ2) is 17.6. The van der Waals surface area contributed by atoms with Crippen LogP contribution in [0.1, 0.15) is 87.1 Å². The number of unbranched alkanes of at least 4 members (excludes halogenated alkanes) is 8. The molecule has 2 rings (SSSR count). The predicted molar refractivity (Wildman–Crippen MR) is 151 cm³/mol. The Labute approximate surface area is 227 Å². The Hall–Kier alpha value is -2.75. The number of hydrogen-bond donors (Lipinski definition) is 2. The number of esters is 1. The molecule has 2 aromatic carbocycles. The molecule has 0 saturated carbocycles. The number of amides is 2. The lowest BCUT2D eigenvalue weighted by Crippen LogP contribution is -2.34. The second-order valence-corrected chi connectivity index (χ2v) is 9.75. The van der Waals surface area contributed by atoms with E-state index in [1.165, 1.54) is 44.7 Å². The Morgan fingerprint density at radius 1 is 0.861 bits per heavy atom. The molecule has 0 heterocycles. The van der Waals surface area contributed by atoms with Gasteiger partial charge >= 0.3 is 5.97 Å². The Morgan fingerprint density at radius 2 is 1.50 bits per heavy atom. The third-order valence-corrected chi connectivity index (χ3v) is 6.48. The molecule has 0 radical (unpaired) electrons. The minimum atomic E-state index is -0.423. The summed E-state index contributed by atoms with van der Waals surface area (Å²) in [5.74, 6) is -0.522. The minimum Gasteiger partial charge on any atom is -0.423 e. The van der Waals surface area contributed by atoms with Crippen molar-refractivity contribution < 1.29 is 19.1 Å². The lowest BCUT2D eigenvalue weighted by molar-refractivity contribution is -0.126. The van der Waals surface area contributed by atoms with Gasteiger partial charge in [0.05, 0.1) is 18.3 Å². The van der Waals surface area contributed by atoms with Gasteiger partial charge < -0.3 is 10.1 Å². The van der Waals surface area contributed by atoms with Gasteiger partial charge in [-0.2, -0.15) is 5.10 Å². The van der Waals surface area contributed by atoms with Gasteiger partial charge in [0.25, 0.3) is 5.91 Å². The maximum Gasteiger partial charge on any atom is 0.344 e. The number of ether oxygens (including phenoxy) is 1. The molecule has 0 unspecified atom stereocenters. The van der Waals surface area contributed by atoms with E-state index in [1.54, 1.807) is 36.4 Å². The van der Waals surface area contributed by atoms with E-state index >= 15 is 0 Å². The molecule has 0 aliphatic carbocycles. The Bertz CT molecular complexity index is 993. The summed E-state index contributed by atoms with van der Waals surface area (Å²) in [6.45, 7) is 2.11. The first-order valence-electron chi connectivity index (χ1n) is 12.6. The van der Waals surface area contributed by atoms with E-state index in [4.69, 9.17) is 4.74 Å². The average molecular weight is 606 g/mol. The molecule has 0 saturated heterocycles. The van der Waals surface area contributed by atoms with Gasteiger partial charge in [-0.3, -0.25) is 9.59 Å². The number of carbonyl (C=O) groups excluding carboxylic acids is 3. The van der Waals surface area contributed by atoms with Gasteiger partial charge in [-0.05, 0) is 71.0 Å². The summed E-state index contributed by atoms with van der Waals surface area (Å²) in [5.41, 5.74) is 3.62. The molecule has 2 aromatic rings. The van der Waals surface area contributed by atoms with Gasteiger partial charge in [-0.1, -0.05) is 70.4 Å². The van der Waals surface area contributed by atoms with Crippen molar-refractivity contribution in [3.8, 4) is 5.75 Å². The number of rotatable bonds is 16. The molecule has 2 amide bonds. The van der Waals surface area contributed by atoms with Crippen molar-refractivity contribution >= 4 is 46.6 Å². The van der Waals surface area contributed by atoms with E-state index in [9.17, 15) is 14.4 Å². The van der Waals surface area contributed by atoms with Crippen LogP contribution in [0.4, 0.5) is 0 Å². The van der Waals surface area contributed by atoms with Gasteiger partial charge in [0.1, 0.15) is 5.75 Å². The van der Waals surface area contributed by atoms with Crippen LogP contribution in [0.15, 0.2) is 53.6 Å². The van der Waals surface area contributed by atoms with Gasteiger partial charge in [0.2, 0.25) is 5.91 Å². The lowest BCUT2D eigenvalue weighted by atomic mass is 10.1. The number of nitrogens with one attached hydrogen (secondary N) is 2. The molecular weight excluding hydrogens is 569 g/mol.